The summed E-state index contributed by atoms with van der Waals surface area (Å²) >= 11 is 2.05. The maximum atomic E-state index is 4.22. The molecule has 2 aromatic rings. The van der Waals surface area contributed by atoms with Crippen molar-refractivity contribution in [1.29, 1.82) is 0 Å². The van der Waals surface area contributed by atoms with Crippen LogP contribution in [-0.2, 0) is 0 Å². The maximum Gasteiger partial charge on any atom is 0.0647 e. The zero-order valence-electron chi connectivity index (χ0n) is 10.4. The fraction of sp³-hybridized carbons (Fsp3) is 0.357. The second kappa shape index (κ2) is 5.06. The van der Waals surface area contributed by atoms with Gasteiger partial charge in [-0.2, -0.15) is 16.9 Å². The predicted molar refractivity (Wildman–Crippen MR) is 77.5 cm³/mol. The molecule has 1 N–H and O–H groups in total. The first-order valence-corrected chi connectivity index (χ1v) is 7.34. The molecule has 2 heterocycles. The summed E-state index contributed by atoms with van der Waals surface area (Å²) in [7, 11) is 0. The minimum Gasteiger partial charge on any atom is -0.381 e. The average molecular weight is 259 g/mol. The summed E-state index contributed by atoms with van der Waals surface area (Å²) in [6.45, 7) is 2.30. The Hall–Kier alpha value is -1.42. The van der Waals surface area contributed by atoms with Crippen LogP contribution in [0.1, 0.15) is 13.3 Å². The molecule has 0 aliphatic carbocycles. The Bertz CT molecular complexity index is 492. The molecule has 1 saturated heterocycles. The smallest absolute Gasteiger partial charge is 0.0647 e. The van der Waals surface area contributed by atoms with Gasteiger partial charge in [-0.15, -0.1) is 0 Å². The van der Waals surface area contributed by atoms with E-state index in [9.17, 15) is 0 Å². The summed E-state index contributed by atoms with van der Waals surface area (Å²) in [5.74, 6) is 1.21. The van der Waals surface area contributed by atoms with Gasteiger partial charge in [0.25, 0.3) is 0 Å². The molecule has 1 aliphatic rings. The molecule has 2 unspecified atom stereocenters. The Balaban J connectivity index is 1.68. The molecule has 3 nitrogen and oxygen atoms in total. The second-order valence-corrected chi connectivity index (χ2v) is 6.19. The predicted octanol–water partition coefficient (Wildman–Crippen LogP) is 3.18. The number of hydrogen-bond donors (Lipinski definition) is 1. The van der Waals surface area contributed by atoms with Gasteiger partial charge in [0, 0.05) is 35.1 Å². The van der Waals surface area contributed by atoms with Gasteiger partial charge in [-0.25, -0.2) is 4.68 Å². The van der Waals surface area contributed by atoms with Gasteiger partial charge in [0.2, 0.25) is 0 Å². The third kappa shape index (κ3) is 2.53. The summed E-state index contributed by atoms with van der Waals surface area (Å²) in [4.78, 5) is 0. The first-order chi connectivity index (χ1) is 8.81. The summed E-state index contributed by atoms with van der Waals surface area (Å²) in [5, 5.41) is 8.60. The van der Waals surface area contributed by atoms with Gasteiger partial charge in [-0.3, -0.25) is 0 Å². The topological polar surface area (TPSA) is 29.9 Å². The van der Waals surface area contributed by atoms with E-state index in [1.807, 2.05) is 28.7 Å². The van der Waals surface area contributed by atoms with Crippen LogP contribution >= 0.6 is 11.8 Å². The van der Waals surface area contributed by atoms with E-state index in [0.29, 0.717) is 6.04 Å². The number of hydrogen-bond acceptors (Lipinski definition) is 3. The van der Waals surface area contributed by atoms with Crippen LogP contribution in [0, 0.1) is 0 Å². The van der Waals surface area contributed by atoms with Crippen molar-refractivity contribution < 1.29 is 0 Å². The molecule has 1 aliphatic heterocycles. The first-order valence-electron chi connectivity index (χ1n) is 6.29. The van der Waals surface area contributed by atoms with Crippen LogP contribution in [0.2, 0.25) is 0 Å². The zero-order chi connectivity index (χ0) is 12.4. The fourth-order valence-electron chi connectivity index (χ4n) is 2.29. The van der Waals surface area contributed by atoms with Crippen LogP contribution in [0.3, 0.4) is 0 Å². The van der Waals surface area contributed by atoms with Gasteiger partial charge in [0.1, 0.15) is 0 Å². The van der Waals surface area contributed by atoms with Crippen LogP contribution < -0.4 is 5.32 Å². The van der Waals surface area contributed by atoms with Crippen LogP contribution in [0.25, 0.3) is 5.69 Å². The van der Waals surface area contributed by atoms with Crippen molar-refractivity contribution in [3.05, 3.63) is 42.7 Å². The number of rotatable bonds is 3. The number of nitrogens with zero attached hydrogens (tertiary/aromatic N) is 2. The number of nitrogens with one attached hydrogen (secondary N) is 1. The van der Waals surface area contributed by atoms with Crippen molar-refractivity contribution in [2.24, 2.45) is 0 Å². The van der Waals surface area contributed by atoms with Crippen molar-refractivity contribution in [2.45, 2.75) is 24.6 Å². The molecule has 18 heavy (non-hydrogen) atoms. The lowest BCUT2D eigenvalue weighted by Gasteiger charge is -2.13. The largest absolute Gasteiger partial charge is 0.381 e. The van der Waals surface area contributed by atoms with Crippen molar-refractivity contribution in [3.63, 3.8) is 0 Å². The normalized spacial score (nSPS) is 23.2. The SMILES string of the molecule is CC1CC(Nc2ccc(-n3cccn3)cc2)CS1. The third-order valence-corrected chi connectivity index (χ3v) is 4.56. The highest BCUT2D eigenvalue weighted by Crippen LogP contribution is 2.28. The molecule has 1 aromatic carbocycles. The van der Waals surface area contributed by atoms with Crippen molar-refractivity contribution in [3.8, 4) is 5.69 Å². The molecule has 0 saturated carbocycles. The minimum atomic E-state index is 0.612. The molecule has 1 fully saturated rings. The standard InChI is InChI=1S/C14H17N3S/c1-11-9-13(10-18-11)16-12-3-5-14(6-4-12)17-8-2-7-15-17/h2-8,11,13,16H,9-10H2,1H3. The lowest BCUT2D eigenvalue weighted by Crippen LogP contribution is -2.18. The van der Waals surface area contributed by atoms with E-state index in [2.05, 4.69) is 41.6 Å². The molecule has 2 atom stereocenters. The van der Waals surface area contributed by atoms with Gasteiger partial charge < -0.3 is 5.32 Å². The molecule has 0 radical (unpaired) electrons. The van der Waals surface area contributed by atoms with Gasteiger partial charge in [0.15, 0.2) is 0 Å². The minimum absolute atomic E-state index is 0.612. The van der Waals surface area contributed by atoms with Crippen LogP contribution in [0.15, 0.2) is 42.7 Å². The van der Waals surface area contributed by atoms with E-state index in [-0.39, 0.29) is 0 Å². The van der Waals surface area contributed by atoms with Crippen molar-refractivity contribution >= 4 is 17.4 Å². The maximum absolute atomic E-state index is 4.22. The van der Waals surface area contributed by atoms with E-state index >= 15 is 0 Å². The number of anilines is 1. The van der Waals surface area contributed by atoms with E-state index in [1.54, 1.807) is 6.20 Å². The first kappa shape index (κ1) is 11.7. The molecule has 94 valence electrons. The fourth-order valence-corrected chi connectivity index (χ4v) is 3.43. The lowest BCUT2D eigenvalue weighted by atomic mass is 10.2. The van der Waals surface area contributed by atoms with Gasteiger partial charge in [-0.1, -0.05) is 6.92 Å². The quantitative estimate of drug-likeness (QED) is 0.918. The van der Waals surface area contributed by atoms with Crippen molar-refractivity contribution in [2.75, 3.05) is 11.1 Å². The molecule has 0 spiro atoms. The molecular weight excluding hydrogens is 242 g/mol. The Morgan fingerprint density at radius 2 is 2.17 bits per heavy atom. The van der Waals surface area contributed by atoms with Gasteiger partial charge in [0.05, 0.1) is 5.69 Å². The van der Waals surface area contributed by atoms with E-state index in [0.717, 1.165) is 10.9 Å². The van der Waals surface area contributed by atoms with Gasteiger partial charge in [-0.05, 0) is 36.8 Å². The Morgan fingerprint density at radius 1 is 1.33 bits per heavy atom. The monoisotopic (exact) mass is 259 g/mol. The molecule has 3 rings (SSSR count). The highest BCUT2D eigenvalue weighted by atomic mass is 32.2. The second-order valence-electron chi connectivity index (χ2n) is 4.72. The summed E-state index contributed by atoms with van der Waals surface area (Å²) in [5.41, 5.74) is 2.30. The Morgan fingerprint density at radius 3 is 2.78 bits per heavy atom. The molecule has 0 bridgehead atoms. The van der Waals surface area contributed by atoms with E-state index < -0.39 is 0 Å². The zero-order valence-corrected chi connectivity index (χ0v) is 11.2. The van der Waals surface area contributed by atoms with E-state index in [4.69, 9.17) is 0 Å². The molecule has 1 aromatic heterocycles. The van der Waals surface area contributed by atoms with Crippen LogP contribution in [0.5, 0.6) is 0 Å². The molecule has 4 heteroatoms. The van der Waals surface area contributed by atoms with Crippen LogP contribution in [0.4, 0.5) is 5.69 Å². The van der Waals surface area contributed by atoms with E-state index in [1.165, 1.54) is 17.9 Å². The Kier molecular flexibility index (Phi) is 3.28. The lowest BCUT2D eigenvalue weighted by molar-refractivity contribution is 0.747. The number of benzene rings is 1. The number of aromatic nitrogens is 2. The number of thioether (sulfide) groups is 1. The van der Waals surface area contributed by atoms with Crippen molar-refractivity contribution in [1.82, 2.24) is 9.78 Å². The van der Waals surface area contributed by atoms with Crippen LogP contribution in [-0.4, -0.2) is 26.8 Å². The summed E-state index contributed by atoms with van der Waals surface area (Å²) in [6, 6.07) is 11.0. The Labute approximate surface area is 112 Å². The molecular formula is C14H17N3S. The summed E-state index contributed by atoms with van der Waals surface area (Å²) in [6.07, 6.45) is 5.01. The average Bonchev–Trinajstić information content (AvgIpc) is 3.02. The molecule has 0 amide bonds. The third-order valence-electron chi connectivity index (χ3n) is 3.21. The highest BCUT2D eigenvalue weighted by molar-refractivity contribution is 8.00. The van der Waals surface area contributed by atoms with Gasteiger partial charge >= 0.3 is 0 Å². The highest BCUT2D eigenvalue weighted by Gasteiger charge is 2.21. The summed E-state index contributed by atoms with van der Waals surface area (Å²) < 4.78 is 1.87.